The molecule has 1 N–H and O–H groups in total. The Morgan fingerprint density at radius 1 is 1.10 bits per heavy atom. The molecule has 7 heteroatoms. The largest absolute Gasteiger partial charge is 0.497 e. The van der Waals surface area contributed by atoms with E-state index in [4.69, 9.17) is 4.74 Å². The molecule has 2 heterocycles. The lowest BCUT2D eigenvalue weighted by Gasteiger charge is -2.33. The number of hydrogen-bond donors (Lipinski definition) is 1. The summed E-state index contributed by atoms with van der Waals surface area (Å²) in [7, 11) is 5.18. The second-order valence-corrected chi connectivity index (χ2v) is 8.92. The molecule has 3 fully saturated rings. The summed E-state index contributed by atoms with van der Waals surface area (Å²) in [6.45, 7) is 1.82. The van der Waals surface area contributed by atoms with Crippen LogP contribution in [0.15, 0.2) is 24.3 Å². The third kappa shape index (κ3) is 3.45. The minimum atomic E-state index is -1.19. The van der Waals surface area contributed by atoms with E-state index in [2.05, 4.69) is 0 Å². The fourth-order valence-electron chi connectivity index (χ4n) is 5.36. The van der Waals surface area contributed by atoms with E-state index in [1.165, 1.54) is 0 Å². The van der Waals surface area contributed by atoms with Gasteiger partial charge in [-0.1, -0.05) is 12.1 Å². The second kappa shape index (κ2) is 7.52. The summed E-state index contributed by atoms with van der Waals surface area (Å²) >= 11 is 0. The molecule has 158 valence electrons. The van der Waals surface area contributed by atoms with Gasteiger partial charge < -0.3 is 24.5 Å². The number of aliphatic hydroxyl groups is 1. The molecular weight excluding hydrogens is 370 g/mol. The Morgan fingerprint density at radius 3 is 2.34 bits per heavy atom. The third-order valence-electron chi connectivity index (χ3n) is 6.87. The summed E-state index contributed by atoms with van der Waals surface area (Å²) in [6, 6.07) is 7.76. The number of amides is 3. The third-order valence-corrected chi connectivity index (χ3v) is 6.87. The lowest BCUT2D eigenvalue weighted by Crippen LogP contribution is -2.48. The number of methoxy groups -OCH3 is 1. The van der Waals surface area contributed by atoms with Crippen LogP contribution in [0.1, 0.15) is 37.3 Å². The molecule has 4 rings (SSSR count). The molecule has 2 saturated heterocycles. The summed E-state index contributed by atoms with van der Waals surface area (Å²) in [4.78, 5) is 31.3. The molecule has 1 aliphatic carbocycles. The average molecular weight is 402 g/mol. The molecule has 29 heavy (non-hydrogen) atoms. The highest BCUT2D eigenvalue weighted by Gasteiger charge is 2.53. The van der Waals surface area contributed by atoms with E-state index in [1.54, 1.807) is 26.1 Å². The van der Waals surface area contributed by atoms with E-state index < -0.39 is 5.60 Å². The van der Waals surface area contributed by atoms with E-state index in [1.807, 2.05) is 34.1 Å². The van der Waals surface area contributed by atoms with Crippen LogP contribution in [0.4, 0.5) is 4.79 Å². The second-order valence-electron chi connectivity index (χ2n) is 8.92. The van der Waals surface area contributed by atoms with Crippen LogP contribution >= 0.6 is 0 Å². The summed E-state index contributed by atoms with van der Waals surface area (Å²) < 4.78 is 5.28. The Balaban J connectivity index is 1.59. The molecule has 3 amide bonds. The minimum absolute atomic E-state index is 0.00693. The van der Waals surface area contributed by atoms with Gasteiger partial charge in [-0.25, -0.2) is 4.79 Å². The molecule has 0 bridgehead atoms. The SMILES string of the molecule is COc1ccc([C@H]2[C@@H]3CN(C(=O)C4(O)CCCC4)C[C@@H]3CN2C(=O)N(C)C)cc1. The maximum atomic E-state index is 13.0. The van der Waals surface area contributed by atoms with E-state index in [-0.39, 0.29) is 29.8 Å². The van der Waals surface area contributed by atoms with E-state index >= 15 is 0 Å². The molecule has 3 atom stereocenters. The number of nitrogens with zero attached hydrogens (tertiary/aromatic N) is 3. The van der Waals surface area contributed by atoms with E-state index in [9.17, 15) is 14.7 Å². The van der Waals surface area contributed by atoms with Gasteiger partial charge in [0.2, 0.25) is 0 Å². The molecule has 0 spiro atoms. The van der Waals surface area contributed by atoms with Crippen LogP contribution < -0.4 is 4.74 Å². The molecule has 3 aliphatic rings. The Morgan fingerprint density at radius 2 is 1.76 bits per heavy atom. The van der Waals surface area contributed by atoms with Crippen molar-refractivity contribution < 1.29 is 19.4 Å². The Bertz CT molecular complexity index is 773. The quantitative estimate of drug-likeness (QED) is 0.842. The number of urea groups is 1. The lowest BCUT2D eigenvalue weighted by molar-refractivity contribution is -0.150. The topological polar surface area (TPSA) is 73.3 Å². The van der Waals surface area contributed by atoms with Gasteiger partial charge in [-0.3, -0.25) is 4.79 Å². The monoisotopic (exact) mass is 401 g/mol. The average Bonchev–Trinajstić information content (AvgIpc) is 3.41. The molecule has 0 radical (unpaired) electrons. The van der Waals surface area contributed by atoms with Crippen molar-refractivity contribution in [1.82, 2.24) is 14.7 Å². The maximum absolute atomic E-state index is 13.0. The maximum Gasteiger partial charge on any atom is 0.320 e. The first kappa shape index (κ1) is 20.0. The van der Waals surface area contributed by atoms with Gasteiger partial charge in [-0.05, 0) is 43.4 Å². The first-order valence-electron chi connectivity index (χ1n) is 10.5. The Kier molecular flexibility index (Phi) is 5.19. The van der Waals surface area contributed by atoms with Crippen LogP contribution in [-0.4, -0.2) is 78.2 Å². The van der Waals surface area contributed by atoms with E-state index in [0.717, 1.165) is 24.2 Å². The lowest BCUT2D eigenvalue weighted by atomic mass is 9.89. The van der Waals surface area contributed by atoms with Gasteiger partial charge in [-0.2, -0.15) is 0 Å². The zero-order valence-electron chi connectivity index (χ0n) is 17.5. The van der Waals surface area contributed by atoms with Crippen LogP contribution in [0.25, 0.3) is 0 Å². The van der Waals surface area contributed by atoms with Crippen LogP contribution in [0, 0.1) is 11.8 Å². The summed E-state index contributed by atoms with van der Waals surface area (Å²) in [5, 5.41) is 10.8. The van der Waals surface area contributed by atoms with Gasteiger partial charge >= 0.3 is 6.03 Å². The highest BCUT2D eigenvalue weighted by Crippen LogP contribution is 2.46. The van der Waals surface area contributed by atoms with Crippen molar-refractivity contribution >= 4 is 11.9 Å². The Hall–Kier alpha value is -2.28. The summed E-state index contributed by atoms with van der Waals surface area (Å²) in [5.74, 6) is 1.05. The molecule has 0 unspecified atom stereocenters. The highest BCUT2D eigenvalue weighted by molar-refractivity contribution is 5.85. The van der Waals surface area contributed by atoms with Crippen molar-refractivity contribution in [2.75, 3.05) is 40.8 Å². The smallest absolute Gasteiger partial charge is 0.320 e. The number of fused-ring (bicyclic) bond motifs is 1. The van der Waals surface area contributed by atoms with Gasteiger partial charge in [-0.15, -0.1) is 0 Å². The first-order valence-corrected chi connectivity index (χ1v) is 10.5. The first-order chi connectivity index (χ1) is 13.8. The minimum Gasteiger partial charge on any atom is -0.497 e. The number of rotatable bonds is 3. The molecular formula is C22H31N3O4. The number of benzene rings is 1. The van der Waals surface area contributed by atoms with Crippen molar-refractivity contribution in [3.05, 3.63) is 29.8 Å². The normalized spacial score (nSPS) is 27.8. The van der Waals surface area contributed by atoms with Gasteiger partial charge in [0.05, 0.1) is 13.2 Å². The fourth-order valence-corrected chi connectivity index (χ4v) is 5.36. The fraction of sp³-hybridized carbons (Fsp3) is 0.636. The molecule has 7 nitrogen and oxygen atoms in total. The van der Waals surface area contributed by atoms with Gasteiger partial charge in [0.25, 0.3) is 5.91 Å². The van der Waals surface area contributed by atoms with Crippen molar-refractivity contribution in [2.24, 2.45) is 11.8 Å². The van der Waals surface area contributed by atoms with Crippen molar-refractivity contribution in [3.63, 3.8) is 0 Å². The van der Waals surface area contributed by atoms with Gasteiger partial charge in [0.15, 0.2) is 0 Å². The van der Waals surface area contributed by atoms with E-state index in [0.29, 0.717) is 32.5 Å². The number of carbonyl (C=O) groups is 2. The van der Waals surface area contributed by atoms with Crippen LogP contribution in [0.5, 0.6) is 5.75 Å². The highest BCUT2D eigenvalue weighted by atomic mass is 16.5. The van der Waals surface area contributed by atoms with Crippen molar-refractivity contribution in [1.29, 1.82) is 0 Å². The summed E-state index contributed by atoms with van der Waals surface area (Å²) in [6.07, 6.45) is 2.93. The molecule has 2 aliphatic heterocycles. The van der Waals surface area contributed by atoms with Gasteiger partial charge in [0, 0.05) is 45.6 Å². The standard InChI is InChI=1S/C22H31N3O4/c1-23(2)21(27)25-13-16-12-24(20(26)22(28)10-4-5-11-22)14-18(16)19(25)15-6-8-17(29-3)9-7-15/h6-9,16,18-19,28H,4-5,10-14H2,1-3H3/t16-,18-,19+/m1/s1. The van der Waals surface area contributed by atoms with Crippen LogP contribution in [-0.2, 0) is 4.79 Å². The Labute approximate surface area is 172 Å². The van der Waals surface area contributed by atoms with Crippen LogP contribution in [0.3, 0.4) is 0 Å². The molecule has 0 aromatic heterocycles. The number of ether oxygens (including phenoxy) is 1. The number of carbonyl (C=O) groups excluding carboxylic acids is 2. The number of likely N-dealkylation sites (tertiary alicyclic amines) is 2. The zero-order valence-corrected chi connectivity index (χ0v) is 17.5. The molecule has 1 aromatic rings. The molecule has 1 saturated carbocycles. The summed E-state index contributed by atoms with van der Waals surface area (Å²) in [5.41, 5.74) is -0.129. The molecule has 1 aromatic carbocycles. The van der Waals surface area contributed by atoms with Gasteiger partial charge in [0.1, 0.15) is 11.4 Å². The number of hydrogen-bond acceptors (Lipinski definition) is 4. The van der Waals surface area contributed by atoms with Crippen LogP contribution in [0.2, 0.25) is 0 Å². The van der Waals surface area contributed by atoms with Crippen molar-refractivity contribution in [2.45, 2.75) is 37.3 Å². The van der Waals surface area contributed by atoms with Crippen molar-refractivity contribution in [3.8, 4) is 5.75 Å². The predicted octanol–water partition coefficient (Wildman–Crippen LogP) is 2.11. The zero-order chi connectivity index (χ0) is 20.8. The predicted molar refractivity (Wildman–Crippen MR) is 109 cm³/mol.